The molecule has 0 saturated carbocycles. The number of hydrogen-bond acceptors (Lipinski definition) is 10. The summed E-state index contributed by atoms with van der Waals surface area (Å²) in [5, 5.41) is 31.1. The second-order valence-corrected chi connectivity index (χ2v) is 11.2. The van der Waals surface area contributed by atoms with Crippen LogP contribution < -0.4 is 26.3 Å². The van der Waals surface area contributed by atoms with Crippen molar-refractivity contribution in [2.45, 2.75) is 9.79 Å². The second-order valence-electron chi connectivity index (χ2n) is 8.00. The summed E-state index contributed by atoms with van der Waals surface area (Å²) >= 11 is 0. The van der Waals surface area contributed by atoms with Crippen molar-refractivity contribution in [2.24, 2.45) is 5.14 Å². The number of aromatic carboxylic acids is 2. The van der Waals surface area contributed by atoms with E-state index in [2.05, 4.69) is 0 Å². The summed E-state index contributed by atoms with van der Waals surface area (Å²) in [5.41, 5.74) is 11.5. The number of para-hydroxylation sites is 2. The van der Waals surface area contributed by atoms with E-state index < -0.39 is 32.0 Å². The monoisotopic (exact) mass is 618 g/mol. The van der Waals surface area contributed by atoms with Gasteiger partial charge in [0.05, 0.1) is 9.79 Å². The number of sulfonamides is 2. The van der Waals surface area contributed by atoms with Crippen LogP contribution in [0.3, 0.4) is 0 Å². The van der Waals surface area contributed by atoms with Crippen LogP contribution in [0.15, 0.2) is 107 Å². The third-order valence-electron chi connectivity index (χ3n) is 4.91. The van der Waals surface area contributed by atoms with Gasteiger partial charge in [0, 0.05) is 11.4 Å². The van der Waals surface area contributed by atoms with Gasteiger partial charge in [-0.15, -0.1) is 0 Å². The molecule has 0 aromatic heterocycles. The van der Waals surface area contributed by atoms with Gasteiger partial charge in [-0.3, -0.25) is 0 Å². The van der Waals surface area contributed by atoms with Gasteiger partial charge in [0.25, 0.3) is 10.0 Å². The highest BCUT2D eigenvalue weighted by molar-refractivity contribution is 7.89. The van der Waals surface area contributed by atoms with Crippen molar-refractivity contribution in [3.8, 4) is 11.5 Å². The number of primary sulfonamides is 1. The first kappa shape index (κ1) is 33.0. The number of aromatic hydroxyl groups is 1. The summed E-state index contributed by atoms with van der Waals surface area (Å²) in [6, 6.07) is 22.7. The summed E-state index contributed by atoms with van der Waals surface area (Å²) in [5.74, 6) is -2.64. The number of benzene rings is 4. The van der Waals surface area contributed by atoms with Crippen LogP contribution in [-0.4, -0.2) is 44.1 Å². The van der Waals surface area contributed by atoms with Gasteiger partial charge in [0.2, 0.25) is 10.0 Å². The minimum absolute atomic E-state index is 0.0514. The smallest absolute Gasteiger partial charge is 0.339 e. The Morgan fingerprint density at radius 3 is 1.50 bits per heavy atom. The first-order chi connectivity index (χ1) is 19.6. The minimum Gasteiger partial charge on any atom is -0.507 e. The molecule has 14 nitrogen and oxygen atoms in total. The summed E-state index contributed by atoms with van der Waals surface area (Å²) in [7, 11) is -7.51. The average Bonchev–Trinajstić information content (AvgIpc) is 2.93. The maximum absolute atomic E-state index is 12.0. The van der Waals surface area contributed by atoms with Crippen LogP contribution >= 0.6 is 0 Å². The van der Waals surface area contributed by atoms with Crippen molar-refractivity contribution >= 4 is 43.4 Å². The average molecular weight is 619 g/mol. The van der Waals surface area contributed by atoms with Crippen LogP contribution in [0.2, 0.25) is 0 Å². The lowest BCUT2D eigenvalue weighted by Gasteiger charge is -2.10. The zero-order valence-electron chi connectivity index (χ0n) is 21.5. The summed E-state index contributed by atoms with van der Waals surface area (Å²) < 4.78 is 45.3. The number of nitrogens with one attached hydrogen (secondary N) is 1. The molecule has 0 heterocycles. The van der Waals surface area contributed by atoms with Gasteiger partial charge in [-0.05, 0) is 77.7 Å². The van der Waals surface area contributed by atoms with Crippen LogP contribution in [0, 0.1) is 0 Å². The third-order valence-corrected chi connectivity index (χ3v) is 7.04. The van der Waals surface area contributed by atoms with Crippen LogP contribution in [0.5, 0.6) is 11.5 Å². The van der Waals surface area contributed by atoms with Gasteiger partial charge >= 0.3 is 11.9 Å². The maximum atomic E-state index is 12.0. The quantitative estimate of drug-likeness (QED) is 0.116. The lowest BCUT2D eigenvalue weighted by atomic mass is 10.2. The highest BCUT2D eigenvalue weighted by Gasteiger charge is 2.17. The molecule has 0 unspecified atom stereocenters. The molecule has 16 heteroatoms. The van der Waals surface area contributed by atoms with Gasteiger partial charge < -0.3 is 31.6 Å². The van der Waals surface area contributed by atoms with Gasteiger partial charge in [0.15, 0.2) is 5.75 Å². The zero-order chi connectivity index (χ0) is 31.5. The van der Waals surface area contributed by atoms with Crippen molar-refractivity contribution in [3.05, 3.63) is 108 Å². The Labute approximate surface area is 240 Å². The number of nitrogen functional groups attached to an aromatic ring is 2. The van der Waals surface area contributed by atoms with Crippen molar-refractivity contribution in [2.75, 3.05) is 11.5 Å². The normalized spacial score (nSPS) is 10.7. The topological polar surface area (TPSA) is 262 Å². The molecule has 42 heavy (non-hydrogen) atoms. The molecule has 4 aromatic carbocycles. The molecule has 0 aliphatic carbocycles. The van der Waals surface area contributed by atoms with Gasteiger partial charge in [-0.1, -0.05) is 24.3 Å². The predicted octanol–water partition coefficient (Wildman–Crippen LogP) is 2.25. The van der Waals surface area contributed by atoms with Crippen LogP contribution in [-0.2, 0) is 20.0 Å². The Bertz CT molecular complexity index is 1740. The van der Waals surface area contributed by atoms with Crippen LogP contribution in [0.1, 0.15) is 20.7 Å². The molecular weight excluding hydrogens is 592 g/mol. The fraction of sp³-hybridized carbons (Fsp3) is 0. The van der Waals surface area contributed by atoms with E-state index in [0.29, 0.717) is 11.4 Å². The SMILES string of the molecule is Nc1ccc(S(=O)(=O)NOc2ccccc2C(=O)O)cc1.Nc1ccc(S(N)(=O)=O)cc1.O=C(O)c1ccccc1O. The van der Waals surface area contributed by atoms with Crippen molar-refractivity contribution < 1.29 is 46.6 Å². The highest BCUT2D eigenvalue weighted by Crippen LogP contribution is 2.18. The Balaban J connectivity index is 0.000000246. The van der Waals surface area contributed by atoms with Gasteiger partial charge in [-0.2, -0.15) is 0 Å². The molecule has 0 aliphatic heterocycles. The van der Waals surface area contributed by atoms with E-state index in [1.807, 2.05) is 4.89 Å². The maximum Gasteiger partial charge on any atom is 0.339 e. The summed E-state index contributed by atoms with van der Waals surface area (Å²) in [6.45, 7) is 0. The molecule has 0 amide bonds. The Morgan fingerprint density at radius 2 is 1.07 bits per heavy atom. The molecule has 4 aromatic rings. The molecule has 4 rings (SSSR count). The summed E-state index contributed by atoms with van der Waals surface area (Å²) in [6.07, 6.45) is 0. The molecule has 0 saturated heterocycles. The Hall–Kier alpha value is -5.16. The molecule has 0 atom stereocenters. The number of hydrogen-bond donors (Lipinski definition) is 7. The standard InChI is InChI=1S/C13H12N2O5S.C7H6O3.C6H8N2O2S/c14-9-5-7-10(8-6-9)21(18,19)15-20-12-4-2-1-3-11(12)13(16)17;8-6-4-2-1-3-5(6)7(9)10;7-5-1-3-6(4-2-5)11(8,9)10/h1-8,15H,14H2,(H,16,17);1-4,8H,(H,9,10);1-4H,7H2,(H2,8,9,10). The zero-order valence-corrected chi connectivity index (χ0v) is 23.1. The number of phenols is 1. The van der Waals surface area contributed by atoms with Gasteiger partial charge in [-0.25, -0.2) is 31.6 Å². The molecule has 0 aliphatic rings. The van der Waals surface area contributed by atoms with E-state index in [1.54, 1.807) is 12.1 Å². The largest absolute Gasteiger partial charge is 0.507 e. The number of carbonyl (C=O) groups is 2. The van der Waals surface area contributed by atoms with E-state index >= 15 is 0 Å². The first-order valence-corrected chi connectivity index (χ1v) is 14.4. The highest BCUT2D eigenvalue weighted by atomic mass is 32.2. The molecule has 0 radical (unpaired) electrons. The van der Waals surface area contributed by atoms with E-state index in [1.165, 1.54) is 84.9 Å². The van der Waals surface area contributed by atoms with E-state index in [4.69, 9.17) is 36.8 Å². The minimum atomic E-state index is -3.94. The molecule has 10 N–H and O–H groups in total. The van der Waals surface area contributed by atoms with Crippen molar-refractivity contribution in [1.29, 1.82) is 0 Å². The molecule has 222 valence electrons. The van der Waals surface area contributed by atoms with Crippen molar-refractivity contribution in [1.82, 2.24) is 4.89 Å². The third kappa shape index (κ3) is 10.1. The van der Waals surface area contributed by atoms with Crippen LogP contribution in [0.25, 0.3) is 0 Å². The van der Waals surface area contributed by atoms with E-state index in [-0.39, 0.29) is 32.4 Å². The molecular formula is C26H26N4O10S2. The molecule has 0 bridgehead atoms. The molecule has 0 fully saturated rings. The fourth-order valence-electron chi connectivity index (χ4n) is 2.84. The number of rotatable bonds is 7. The van der Waals surface area contributed by atoms with Gasteiger partial charge in [0.1, 0.15) is 16.9 Å². The first-order valence-electron chi connectivity index (χ1n) is 11.4. The number of carboxylic acids is 2. The van der Waals surface area contributed by atoms with Crippen LogP contribution in [0.4, 0.5) is 11.4 Å². The van der Waals surface area contributed by atoms with E-state index in [9.17, 15) is 26.4 Å². The fourth-order valence-corrected chi connectivity index (χ4v) is 4.14. The Morgan fingerprint density at radius 1 is 0.643 bits per heavy atom. The summed E-state index contributed by atoms with van der Waals surface area (Å²) in [4.78, 5) is 28.0. The lowest BCUT2D eigenvalue weighted by molar-refractivity contribution is 0.0681. The second kappa shape index (κ2) is 14.5. The number of anilines is 2. The Kier molecular flexibility index (Phi) is 11.4. The van der Waals surface area contributed by atoms with E-state index in [0.717, 1.165) is 0 Å². The van der Waals surface area contributed by atoms with Crippen molar-refractivity contribution in [3.63, 3.8) is 0 Å². The lowest BCUT2D eigenvalue weighted by Crippen LogP contribution is -2.28. The molecule has 0 spiro atoms. The number of carboxylic acid groups (broad SMARTS) is 2. The predicted molar refractivity (Wildman–Crippen MR) is 152 cm³/mol. The number of nitrogens with two attached hydrogens (primary N) is 3.